The highest BCUT2D eigenvalue weighted by Gasteiger charge is 2.24. The van der Waals surface area contributed by atoms with Gasteiger partial charge < -0.3 is 20.6 Å². The highest BCUT2D eigenvalue weighted by Crippen LogP contribution is 2.40. The molecule has 6 heteroatoms. The number of hydrogen-bond acceptors (Lipinski definition) is 5. The van der Waals surface area contributed by atoms with Crippen LogP contribution in [0.2, 0.25) is 0 Å². The summed E-state index contributed by atoms with van der Waals surface area (Å²) in [6.45, 7) is 0.601. The van der Waals surface area contributed by atoms with Gasteiger partial charge in [-0.3, -0.25) is 0 Å². The first-order valence-electron chi connectivity index (χ1n) is 7.79. The Labute approximate surface area is 134 Å². The van der Waals surface area contributed by atoms with Gasteiger partial charge in [-0.2, -0.15) is 0 Å². The molecule has 0 atom stereocenters. The minimum atomic E-state index is 0.00876. The van der Waals surface area contributed by atoms with E-state index in [0.29, 0.717) is 18.3 Å². The van der Waals surface area contributed by atoms with Crippen LogP contribution in [0.1, 0.15) is 35.6 Å². The van der Waals surface area contributed by atoms with Crippen molar-refractivity contribution in [1.29, 1.82) is 0 Å². The number of imidazole rings is 1. The molecule has 0 unspecified atom stereocenters. The molecule has 0 saturated heterocycles. The number of aliphatic hydroxyl groups is 1. The van der Waals surface area contributed by atoms with Gasteiger partial charge in [-0.25, -0.2) is 9.97 Å². The van der Waals surface area contributed by atoms with Crippen molar-refractivity contribution < 1.29 is 5.11 Å². The van der Waals surface area contributed by atoms with Crippen LogP contribution in [0.4, 0.5) is 11.5 Å². The Hall–Kier alpha value is -2.60. The number of nitrogens with zero attached hydrogens (tertiary/aromatic N) is 3. The molecule has 3 heterocycles. The van der Waals surface area contributed by atoms with Crippen LogP contribution in [-0.2, 0) is 13.2 Å². The minimum Gasteiger partial charge on any atom is -0.392 e. The van der Waals surface area contributed by atoms with Crippen LogP contribution in [-0.4, -0.2) is 19.5 Å². The number of rotatable bonds is 5. The molecule has 0 bridgehead atoms. The Morgan fingerprint density at radius 1 is 1.30 bits per heavy atom. The summed E-state index contributed by atoms with van der Waals surface area (Å²) >= 11 is 0. The van der Waals surface area contributed by atoms with E-state index in [1.165, 1.54) is 18.4 Å². The molecule has 0 spiro atoms. The second-order valence-corrected chi connectivity index (χ2v) is 6.02. The van der Waals surface area contributed by atoms with Crippen molar-refractivity contribution in [3.8, 4) is 0 Å². The summed E-state index contributed by atoms with van der Waals surface area (Å²) in [6.07, 6.45) is 8.30. The maximum absolute atomic E-state index is 9.62. The zero-order valence-corrected chi connectivity index (χ0v) is 12.7. The molecule has 3 aromatic rings. The maximum Gasteiger partial charge on any atom is 0.142 e. The molecule has 1 fully saturated rings. The zero-order chi connectivity index (χ0) is 15.8. The van der Waals surface area contributed by atoms with E-state index >= 15 is 0 Å². The van der Waals surface area contributed by atoms with E-state index in [1.54, 1.807) is 12.3 Å². The van der Waals surface area contributed by atoms with Gasteiger partial charge in [0.1, 0.15) is 11.5 Å². The highest BCUT2D eigenvalue weighted by atomic mass is 16.3. The van der Waals surface area contributed by atoms with E-state index in [2.05, 4.69) is 27.5 Å². The van der Waals surface area contributed by atoms with E-state index in [-0.39, 0.29) is 6.61 Å². The smallest absolute Gasteiger partial charge is 0.142 e. The Balaban J connectivity index is 1.60. The molecule has 23 heavy (non-hydrogen) atoms. The van der Waals surface area contributed by atoms with E-state index < -0.39 is 0 Å². The van der Waals surface area contributed by atoms with Gasteiger partial charge in [0, 0.05) is 35.9 Å². The van der Waals surface area contributed by atoms with Gasteiger partial charge in [0.2, 0.25) is 0 Å². The molecule has 1 saturated carbocycles. The first-order chi connectivity index (χ1) is 11.2. The SMILES string of the molecule is Nc1cc(NCc2cn3cc(C4CC4)cc(CO)c3n2)ccn1. The number of aromatic nitrogens is 3. The largest absolute Gasteiger partial charge is 0.392 e. The summed E-state index contributed by atoms with van der Waals surface area (Å²) in [4.78, 5) is 8.61. The monoisotopic (exact) mass is 309 g/mol. The molecule has 118 valence electrons. The lowest BCUT2D eigenvalue weighted by Crippen LogP contribution is -2.00. The van der Waals surface area contributed by atoms with Crippen LogP contribution in [0.25, 0.3) is 5.65 Å². The number of fused-ring (bicyclic) bond motifs is 1. The predicted molar refractivity (Wildman–Crippen MR) is 89.1 cm³/mol. The zero-order valence-electron chi connectivity index (χ0n) is 12.7. The molecule has 1 aliphatic rings. The molecule has 0 radical (unpaired) electrons. The van der Waals surface area contributed by atoms with E-state index in [0.717, 1.165) is 22.6 Å². The van der Waals surface area contributed by atoms with E-state index in [9.17, 15) is 5.11 Å². The van der Waals surface area contributed by atoms with Crippen LogP contribution in [0, 0.1) is 0 Å². The van der Waals surface area contributed by atoms with Crippen molar-refractivity contribution in [2.24, 2.45) is 0 Å². The quantitative estimate of drug-likeness (QED) is 0.673. The van der Waals surface area contributed by atoms with Crippen molar-refractivity contribution >= 4 is 17.2 Å². The Morgan fingerprint density at radius 3 is 2.91 bits per heavy atom. The fourth-order valence-electron chi connectivity index (χ4n) is 2.84. The van der Waals surface area contributed by atoms with Gasteiger partial charge >= 0.3 is 0 Å². The van der Waals surface area contributed by atoms with Gasteiger partial charge in [0.15, 0.2) is 0 Å². The summed E-state index contributed by atoms with van der Waals surface area (Å²) in [5, 5.41) is 12.9. The lowest BCUT2D eigenvalue weighted by Gasteiger charge is -2.04. The van der Waals surface area contributed by atoms with Crippen molar-refractivity contribution in [1.82, 2.24) is 14.4 Å². The van der Waals surface area contributed by atoms with Gasteiger partial charge in [-0.05, 0) is 36.5 Å². The molecule has 1 aliphatic carbocycles. The second kappa shape index (κ2) is 5.55. The Kier molecular flexibility index (Phi) is 3.38. The van der Waals surface area contributed by atoms with Crippen molar-refractivity contribution in [2.75, 3.05) is 11.1 Å². The van der Waals surface area contributed by atoms with Gasteiger partial charge in [-0.15, -0.1) is 0 Å². The number of nitrogen functional groups attached to an aromatic ring is 1. The topological polar surface area (TPSA) is 88.5 Å². The molecule has 0 aromatic carbocycles. The molecule has 0 aliphatic heterocycles. The first-order valence-corrected chi connectivity index (χ1v) is 7.79. The summed E-state index contributed by atoms with van der Waals surface area (Å²) in [5.41, 5.74) is 10.5. The van der Waals surface area contributed by atoms with Crippen LogP contribution in [0.5, 0.6) is 0 Å². The number of hydrogen-bond donors (Lipinski definition) is 3. The number of nitrogens with one attached hydrogen (secondary N) is 1. The minimum absolute atomic E-state index is 0.00876. The van der Waals surface area contributed by atoms with E-state index in [1.807, 2.05) is 16.7 Å². The highest BCUT2D eigenvalue weighted by molar-refractivity contribution is 5.53. The summed E-state index contributed by atoms with van der Waals surface area (Å²) < 4.78 is 2.02. The van der Waals surface area contributed by atoms with Crippen molar-refractivity contribution in [3.63, 3.8) is 0 Å². The Morgan fingerprint density at radius 2 is 2.17 bits per heavy atom. The maximum atomic E-state index is 9.62. The lowest BCUT2D eigenvalue weighted by atomic mass is 10.1. The molecule has 6 nitrogen and oxygen atoms in total. The normalized spacial score (nSPS) is 14.3. The van der Waals surface area contributed by atoms with Gasteiger partial charge in [0.05, 0.1) is 18.8 Å². The van der Waals surface area contributed by atoms with Gasteiger partial charge in [0.25, 0.3) is 0 Å². The second-order valence-electron chi connectivity index (χ2n) is 6.02. The average Bonchev–Trinajstić information content (AvgIpc) is 3.32. The number of pyridine rings is 2. The van der Waals surface area contributed by atoms with Crippen LogP contribution in [0.3, 0.4) is 0 Å². The van der Waals surface area contributed by atoms with Crippen LogP contribution >= 0.6 is 0 Å². The van der Waals surface area contributed by atoms with Crippen LogP contribution in [0.15, 0.2) is 36.8 Å². The van der Waals surface area contributed by atoms with E-state index in [4.69, 9.17) is 5.73 Å². The molecular formula is C17H19N5O. The Bertz CT molecular complexity index is 853. The molecule has 4 N–H and O–H groups in total. The standard InChI is InChI=1S/C17H19N5O/c18-16-6-14(3-4-19-16)20-7-15-9-22-8-12(11-1-2-11)5-13(10-23)17(22)21-15/h3-6,8-9,11,23H,1-2,7,10H2,(H3,18,19,20). The van der Waals surface area contributed by atoms with Crippen LogP contribution < -0.4 is 11.1 Å². The fraction of sp³-hybridized carbons (Fsp3) is 0.294. The number of aliphatic hydroxyl groups excluding tert-OH is 1. The number of anilines is 2. The molecule has 4 rings (SSSR count). The third kappa shape index (κ3) is 2.85. The van der Waals surface area contributed by atoms with Gasteiger partial charge in [-0.1, -0.05) is 0 Å². The van der Waals surface area contributed by atoms with Crippen molar-refractivity contribution in [3.05, 3.63) is 53.6 Å². The average molecular weight is 309 g/mol. The fourth-order valence-corrected chi connectivity index (χ4v) is 2.84. The first kappa shape index (κ1) is 14.0. The molecule has 0 amide bonds. The summed E-state index contributed by atoms with van der Waals surface area (Å²) in [5.74, 6) is 1.13. The van der Waals surface area contributed by atoms with Crippen molar-refractivity contribution in [2.45, 2.75) is 31.9 Å². The third-order valence-corrected chi connectivity index (χ3v) is 4.17. The molecular weight excluding hydrogens is 290 g/mol. The third-order valence-electron chi connectivity index (χ3n) is 4.17. The number of nitrogens with two attached hydrogens (primary N) is 1. The lowest BCUT2D eigenvalue weighted by molar-refractivity contribution is 0.282. The molecule has 3 aromatic heterocycles. The summed E-state index contributed by atoms with van der Waals surface area (Å²) in [6, 6.07) is 5.75. The predicted octanol–water partition coefficient (Wildman–Crippen LogP) is 2.29. The summed E-state index contributed by atoms with van der Waals surface area (Å²) in [7, 11) is 0.